The van der Waals surface area contributed by atoms with Crippen molar-refractivity contribution in [2.75, 3.05) is 23.6 Å². The average molecular weight is 446 g/mol. The highest BCUT2D eigenvalue weighted by Gasteiger charge is 2.36. The fourth-order valence-electron chi connectivity index (χ4n) is 4.13. The van der Waals surface area contributed by atoms with Gasteiger partial charge in [-0.15, -0.1) is 11.3 Å². The molecule has 2 aliphatic rings. The van der Waals surface area contributed by atoms with Gasteiger partial charge in [0.25, 0.3) is 0 Å². The highest BCUT2D eigenvalue weighted by molar-refractivity contribution is 7.14. The number of carbonyl (C=O) groups excluding carboxylic acids is 2. The van der Waals surface area contributed by atoms with Crippen LogP contribution >= 0.6 is 11.3 Å². The summed E-state index contributed by atoms with van der Waals surface area (Å²) >= 11 is 1.37. The number of aromatic amines is 1. The number of carbonyl (C=O) groups is 2. The second-order valence-corrected chi connectivity index (χ2v) is 8.58. The molecule has 2 aromatic heterocycles. The maximum absolute atomic E-state index is 12.9. The van der Waals surface area contributed by atoms with Crippen LogP contribution in [-0.4, -0.2) is 35.1 Å². The Morgan fingerprint density at radius 2 is 2.06 bits per heavy atom. The minimum atomic E-state index is -0.451. The van der Waals surface area contributed by atoms with E-state index in [4.69, 9.17) is 9.47 Å². The summed E-state index contributed by atoms with van der Waals surface area (Å²) in [5.41, 5.74) is 3.52. The summed E-state index contributed by atoms with van der Waals surface area (Å²) in [5, 5.41) is 6.40. The minimum absolute atomic E-state index is 0.0948. The number of benzene rings is 2. The van der Waals surface area contributed by atoms with E-state index >= 15 is 0 Å². The van der Waals surface area contributed by atoms with E-state index in [-0.39, 0.29) is 25.0 Å². The number of hydrogen-bond donors (Lipinski definition) is 2. The van der Waals surface area contributed by atoms with Crippen LogP contribution in [0.5, 0.6) is 11.5 Å². The maximum Gasteiger partial charge on any atom is 0.231 e. The van der Waals surface area contributed by atoms with E-state index in [0.29, 0.717) is 28.9 Å². The highest BCUT2D eigenvalue weighted by Crippen LogP contribution is 2.37. The molecule has 8 nitrogen and oxygen atoms in total. The van der Waals surface area contributed by atoms with Crippen LogP contribution in [0.15, 0.2) is 54.0 Å². The van der Waals surface area contributed by atoms with E-state index in [2.05, 4.69) is 15.3 Å². The van der Waals surface area contributed by atoms with Crippen LogP contribution in [0.2, 0.25) is 0 Å². The standard InChI is InChI=1S/C23H18N4O4S/c28-21-7-13(10-27(21)14-5-6-19-20(8-14)31-12-30-19)22(29)26-23-25-18(11-32-23)16-9-24-17-4-2-1-3-15(16)17/h1-6,8-9,11,13,24H,7,10,12H2,(H,25,26,29)/t13-/m0/s1. The second-order valence-electron chi connectivity index (χ2n) is 7.72. The Labute approximate surface area is 186 Å². The van der Waals surface area contributed by atoms with Crippen LogP contribution in [-0.2, 0) is 9.59 Å². The van der Waals surface area contributed by atoms with Gasteiger partial charge in [-0.3, -0.25) is 9.59 Å². The molecule has 32 heavy (non-hydrogen) atoms. The number of nitrogens with one attached hydrogen (secondary N) is 2. The molecule has 0 aliphatic carbocycles. The largest absolute Gasteiger partial charge is 0.454 e. The molecule has 2 aromatic carbocycles. The molecule has 4 aromatic rings. The number of nitrogens with zero attached hydrogens (tertiary/aromatic N) is 2. The number of aromatic nitrogens is 2. The predicted octanol–water partition coefficient (Wildman–Crippen LogP) is 4.01. The summed E-state index contributed by atoms with van der Waals surface area (Å²) in [6.45, 7) is 0.483. The Kier molecular flexibility index (Phi) is 4.36. The van der Waals surface area contributed by atoms with E-state index in [9.17, 15) is 9.59 Å². The molecule has 1 fully saturated rings. The quantitative estimate of drug-likeness (QED) is 0.494. The Balaban J connectivity index is 1.16. The van der Waals surface area contributed by atoms with Crippen molar-refractivity contribution in [3.63, 3.8) is 0 Å². The van der Waals surface area contributed by atoms with Gasteiger partial charge in [0.15, 0.2) is 16.6 Å². The van der Waals surface area contributed by atoms with Gasteiger partial charge in [-0.2, -0.15) is 0 Å². The Hall–Kier alpha value is -3.85. The van der Waals surface area contributed by atoms with Crippen LogP contribution in [0.3, 0.4) is 0 Å². The first-order valence-corrected chi connectivity index (χ1v) is 11.1. The number of thiazole rings is 1. The van der Waals surface area contributed by atoms with Crippen molar-refractivity contribution in [1.29, 1.82) is 0 Å². The van der Waals surface area contributed by atoms with Gasteiger partial charge in [0.2, 0.25) is 18.6 Å². The van der Waals surface area contributed by atoms with Crippen LogP contribution < -0.4 is 19.7 Å². The average Bonchev–Trinajstić information content (AvgIpc) is 3.58. The third kappa shape index (κ3) is 3.18. The molecule has 0 radical (unpaired) electrons. The first kappa shape index (κ1) is 18.9. The molecule has 160 valence electrons. The summed E-state index contributed by atoms with van der Waals surface area (Å²) < 4.78 is 10.7. The number of para-hydroxylation sites is 1. The number of ether oxygens (including phenoxy) is 2. The van der Waals surface area contributed by atoms with Crippen molar-refractivity contribution < 1.29 is 19.1 Å². The molecule has 6 rings (SSSR count). The third-order valence-corrected chi connectivity index (χ3v) is 6.52. The van der Waals surface area contributed by atoms with Crippen molar-refractivity contribution in [2.45, 2.75) is 6.42 Å². The fraction of sp³-hybridized carbons (Fsp3) is 0.174. The molecule has 2 aliphatic heterocycles. The fourth-order valence-corrected chi connectivity index (χ4v) is 4.85. The molecule has 4 heterocycles. The third-order valence-electron chi connectivity index (χ3n) is 5.76. The number of rotatable bonds is 4. The van der Waals surface area contributed by atoms with Crippen LogP contribution in [0.1, 0.15) is 6.42 Å². The van der Waals surface area contributed by atoms with Gasteiger partial charge in [0.1, 0.15) is 0 Å². The van der Waals surface area contributed by atoms with Gasteiger partial charge in [-0.1, -0.05) is 18.2 Å². The van der Waals surface area contributed by atoms with Gasteiger partial charge in [-0.05, 0) is 18.2 Å². The highest BCUT2D eigenvalue weighted by atomic mass is 32.1. The molecule has 9 heteroatoms. The smallest absolute Gasteiger partial charge is 0.231 e. The van der Waals surface area contributed by atoms with Crippen molar-refractivity contribution in [3.8, 4) is 22.8 Å². The number of anilines is 2. The van der Waals surface area contributed by atoms with E-state index in [1.54, 1.807) is 23.1 Å². The monoisotopic (exact) mass is 446 g/mol. The first-order valence-electron chi connectivity index (χ1n) is 10.2. The Morgan fingerprint density at radius 3 is 3.00 bits per heavy atom. The molecule has 2 amide bonds. The van der Waals surface area contributed by atoms with Crippen molar-refractivity contribution >= 4 is 44.9 Å². The number of H-pyrrole nitrogens is 1. The lowest BCUT2D eigenvalue weighted by molar-refractivity contribution is -0.122. The molecule has 0 bridgehead atoms. The zero-order valence-corrected chi connectivity index (χ0v) is 17.6. The maximum atomic E-state index is 12.9. The molecule has 0 spiro atoms. The Morgan fingerprint density at radius 1 is 1.19 bits per heavy atom. The van der Waals surface area contributed by atoms with Gasteiger partial charge >= 0.3 is 0 Å². The second kappa shape index (κ2) is 7.38. The lowest BCUT2D eigenvalue weighted by atomic mass is 10.1. The lowest BCUT2D eigenvalue weighted by Crippen LogP contribution is -2.28. The zero-order valence-electron chi connectivity index (χ0n) is 16.8. The van der Waals surface area contributed by atoms with E-state index in [1.807, 2.05) is 35.8 Å². The molecule has 0 unspecified atom stereocenters. The molecule has 1 saturated heterocycles. The molecule has 1 atom stereocenters. The SMILES string of the molecule is O=C(Nc1nc(-c2c[nH]c3ccccc23)cs1)[C@H]1CC(=O)N(c2ccc3c(c2)OCO3)C1. The van der Waals surface area contributed by atoms with E-state index in [1.165, 1.54) is 11.3 Å². The zero-order chi connectivity index (χ0) is 21.7. The summed E-state index contributed by atoms with van der Waals surface area (Å²) in [5.74, 6) is 0.512. The van der Waals surface area contributed by atoms with E-state index < -0.39 is 5.92 Å². The van der Waals surface area contributed by atoms with Crippen molar-refractivity contribution in [2.24, 2.45) is 5.92 Å². The molecule has 2 N–H and O–H groups in total. The van der Waals surface area contributed by atoms with Gasteiger partial charge in [0, 0.05) is 52.8 Å². The molecule has 0 saturated carbocycles. The van der Waals surface area contributed by atoms with Gasteiger partial charge < -0.3 is 24.7 Å². The normalized spacial score (nSPS) is 17.3. The summed E-state index contributed by atoms with van der Waals surface area (Å²) in [7, 11) is 0. The van der Waals surface area contributed by atoms with Gasteiger partial charge in [-0.25, -0.2) is 4.98 Å². The van der Waals surface area contributed by atoms with Crippen molar-refractivity contribution in [3.05, 3.63) is 54.0 Å². The molecular formula is C23H18N4O4S. The molecular weight excluding hydrogens is 428 g/mol. The number of fused-ring (bicyclic) bond motifs is 2. The summed E-state index contributed by atoms with van der Waals surface area (Å²) in [6, 6.07) is 13.4. The van der Waals surface area contributed by atoms with Crippen LogP contribution in [0.4, 0.5) is 10.8 Å². The summed E-state index contributed by atoms with van der Waals surface area (Å²) in [4.78, 5) is 34.9. The lowest BCUT2D eigenvalue weighted by Gasteiger charge is -2.17. The topological polar surface area (TPSA) is 96.5 Å². The van der Waals surface area contributed by atoms with E-state index in [0.717, 1.165) is 22.2 Å². The van der Waals surface area contributed by atoms with Crippen molar-refractivity contribution in [1.82, 2.24) is 9.97 Å². The van der Waals surface area contributed by atoms with Gasteiger partial charge in [0.05, 0.1) is 11.6 Å². The van der Waals surface area contributed by atoms with Crippen LogP contribution in [0.25, 0.3) is 22.2 Å². The summed E-state index contributed by atoms with van der Waals surface area (Å²) in [6.07, 6.45) is 2.07. The first-order chi connectivity index (χ1) is 15.7. The van der Waals surface area contributed by atoms with Crippen LogP contribution in [0, 0.1) is 5.92 Å². The minimum Gasteiger partial charge on any atom is -0.454 e. The number of hydrogen-bond acceptors (Lipinski definition) is 6. The predicted molar refractivity (Wildman–Crippen MR) is 121 cm³/mol. The number of amides is 2. The Bertz CT molecular complexity index is 1360.